The third-order valence-corrected chi connectivity index (χ3v) is 12.6. The summed E-state index contributed by atoms with van der Waals surface area (Å²) in [5, 5.41) is 23.3. The minimum atomic E-state index is -5.70. The van der Waals surface area contributed by atoms with Crippen LogP contribution in [0.4, 0.5) is 0 Å². The van der Waals surface area contributed by atoms with Gasteiger partial charge in [-0.15, -0.1) is 33.4 Å². The van der Waals surface area contributed by atoms with Crippen LogP contribution in [0.2, 0.25) is 0 Å². The van der Waals surface area contributed by atoms with E-state index >= 15 is 0 Å². The first-order chi connectivity index (χ1) is 31.1. The number of halogens is 2. The van der Waals surface area contributed by atoms with Crippen LogP contribution in [-0.4, -0.2) is 198 Å². The zero-order valence-corrected chi connectivity index (χ0v) is 39.5. The fourth-order valence-electron chi connectivity index (χ4n) is 6.59. The molecule has 44 heteroatoms. The number of hydrogen-bond donors (Lipinski definition) is 7. The van der Waals surface area contributed by atoms with E-state index in [0.717, 1.165) is 9.36 Å². The average molecular weight is 1150 g/mol. The van der Waals surface area contributed by atoms with Gasteiger partial charge in [0.05, 0.1) is 62.7 Å². The summed E-state index contributed by atoms with van der Waals surface area (Å²) < 4.78 is 252. The largest absolute Gasteiger partial charge is 0.397 e. The van der Waals surface area contributed by atoms with Crippen molar-refractivity contribution in [2.24, 2.45) is 0 Å². The lowest BCUT2D eigenvalue weighted by molar-refractivity contribution is -0.352. The lowest BCUT2D eigenvalue weighted by atomic mass is 10.0. The molecule has 3 aliphatic rings. The maximum atomic E-state index is 12.0. The van der Waals surface area contributed by atoms with Gasteiger partial charge in [0.25, 0.3) is 0 Å². The Hall–Kier alpha value is -2.16. The number of nitrogens with zero attached hydrogens (tertiary/aromatic N) is 6. The van der Waals surface area contributed by atoms with E-state index in [1.54, 1.807) is 0 Å². The average Bonchev–Trinajstić information content (AvgIpc) is 3.88. The molecule has 68 heavy (non-hydrogen) atoms. The number of aliphatic hydroxyl groups excluding tert-OH is 1. The minimum Gasteiger partial charge on any atom is -0.369 e. The van der Waals surface area contributed by atoms with Gasteiger partial charge in [-0.25, -0.2) is 34.5 Å². The Morgan fingerprint density at radius 1 is 0.662 bits per heavy atom. The molecule has 0 radical (unpaired) electrons. The monoisotopic (exact) mass is 1150 g/mol. The van der Waals surface area contributed by atoms with Gasteiger partial charge in [0.15, 0.2) is 18.7 Å². The lowest BCUT2D eigenvalue weighted by Gasteiger charge is -2.45. The van der Waals surface area contributed by atoms with E-state index in [2.05, 4.69) is 41.5 Å². The van der Waals surface area contributed by atoms with Crippen LogP contribution in [0.15, 0.2) is 12.4 Å². The molecule has 0 aliphatic carbocycles. The fourth-order valence-corrected chi connectivity index (χ4v) is 10.1. The first-order valence-electron chi connectivity index (χ1n) is 17.9. The van der Waals surface area contributed by atoms with Crippen LogP contribution in [-0.2, 0) is 137 Å². The van der Waals surface area contributed by atoms with Crippen LogP contribution < -0.4 is 0 Å². The molecule has 3 fully saturated rings. The maximum absolute atomic E-state index is 12.0. The van der Waals surface area contributed by atoms with Crippen molar-refractivity contribution < 1.29 is 132 Å². The molecule has 12 atom stereocenters. The van der Waals surface area contributed by atoms with Crippen LogP contribution in [0.5, 0.6) is 0 Å². The van der Waals surface area contributed by atoms with E-state index in [-0.39, 0.29) is 24.6 Å². The summed E-state index contributed by atoms with van der Waals surface area (Å²) in [4.78, 5) is 0. The molecule has 0 aromatic carbocycles. The second kappa shape index (κ2) is 21.9. The lowest BCUT2D eigenvalue weighted by Crippen LogP contribution is -2.63. The maximum Gasteiger partial charge on any atom is 0.397 e. The number of hydrogen-bond acceptors (Lipinski definition) is 28. The summed E-state index contributed by atoms with van der Waals surface area (Å²) >= 11 is 12.3. The van der Waals surface area contributed by atoms with Crippen LogP contribution in [0, 0.1) is 0 Å². The van der Waals surface area contributed by atoms with Gasteiger partial charge >= 0.3 is 62.4 Å². The Morgan fingerprint density at radius 3 is 1.69 bits per heavy atom. The third-order valence-electron chi connectivity index (χ3n) is 8.90. The minimum absolute atomic E-state index is 0.106. The molecular weight excluding hydrogens is 1120 g/mol. The molecule has 5 rings (SSSR count). The second-order valence-electron chi connectivity index (χ2n) is 14.0. The van der Waals surface area contributed by atoms with E-state index in [4.69, 9.17) is 60.2 Å². The van der Waals surface area contributed by atoms with Crippen LogP contribution in [0.25, 0.3) is 0 Å². The summed E-state index contributed by atoms with van der Waals surface area (Å²) in [6, 6.07) is 0. The third kappa shape index (κ3) is 17.6. The zero-order chi connectivity index (χ0) is 50.8. The van der Waals surface area contributed by atoms with Crippen molar-refractivity contribution in [2.45, 2.75) is 112 Å². The quantitative estimate of drug-likeness (QED) is 0.0385. The number of alkyl halides is 2. The van der Waals surface area contributed by atoms with Crippen molar-refractivity contribution in [1.82, 2.24) is 30.0 Å². The molecule has 0 unspecified atom stereocenters. The summed E-state index contributed by atoms with van der Waals surface area (Å²) in [5.74, 6) is -3.78. The van der Waals surface area contributed by atoms with Gasteiger partial charge in [-0.1, -0.05) is 10.4 Å². The second-order valence-corrected chi connectivity index (χ2v) is 21.1. The molecular formula is C24H36Cl2N6O30S6. The molecule has 2 aromatic rings. The predicted octanol–water partition coefficient (Wildman–Crippen LogP) is -4.47. The van der Waals surface area contributed by atoms with Gasteiger partial charge in [0.2, 0.25) is 5.79 Å². The molecule has 2 aromatic heterocycles. The van der Waals surface area contributed by atoms with E-state index in [1.165, 1.54) is 12.4 Å². The molecule has 0 saturated carbocycles. The Labute approximate surface area is 393 Å². The smallest absolute Gasteiger partial charge is 0.369 e. The van der Waals surface area contributed by atoms with Gasteiger partial charge < -0.3 is 28.8 Å². The zero-order valence-electron chi connectivity index (χ0n) is 33.1. The molecule has 3 saturated heterocycles. The molecule has 0 amide bonds. The molecule has 3 aliphatic heterocycles. The van der Waals surface area contributed by atoms with Gasteiger partial charge in [0.1, 0.15) is 48.0 Å². The molecule has 36 nitrogen and oxygen atoms in total. The standard InChI is InChI=1S/C24H36Cl2N6O30S6/c25-10-24(57-23-22(62-68(49,50)51)21(61-67(46,47)48)19(26)16(55-23)9-53-63(34,35)36)17(59-65(40,41)42)1-13(56-24)5-31-3-11(27-29-31)7-52-8-12-4-32(30-28-12)6-15-20(60-66(43,44)45)14(2-18(33)54-15)58-64(37,38)39/h3-4,13-23,33H,1-2,5-10H2,(H,34,35,36)(H,37,38,39)(H,40,41,42)(H,43,44,45)(H,46,47,48)(H,49,50,51)/t13-,14+,15+,16+,17-,18-,19-,20-,21-,22+,23-,24-/m0/s1. The highest BCUT2D eigenvalue weighted by Gasteiger charge is 2.59. The van der Waals surface area contributed by atoms with Crippen molar-refractivity contribution in [3.8, 4) is 0 Å². The van der Waals surface area contributed by atoms with Crippen LogP contribution in [0.1, 0.15) is 24.2 Å². The van der Waals surface area contributed by atoms with Gasteiger partial charge in [-0.05, 0) is 0 Å². The van der Waals surface area contributed by atoms with E-state index < -0.39 is 173 Å². The molecule has 5 heterocycles. The Kier molecular flexibility index (Phi) is 18.3. The van der Waals surface area contributed by atoms with E-state index in [1.807, 2.05) is 0 Å². The number of ether oxygens (including phenoxy) is 5. The normalized spacial score (nSPS) is 31.3. The predicted molar refractivity (Wildman–Crippen MR) is 206 cm³/mol. The highest BCUT2D eigenvalue weighted by atomic mass is 35.5. The molecule has 0 spiro atoms. The summed E-state index contributed by atoms with van der Waals surface area (Å²) in [6.07, 6.45) is -19.1. The van der Waals surface area contributed by atoms with Crippen molar-refractivity contribution in [1.29, 1.82) is 0 Å². The van der Waals surface area contributed by atoms with E-state index in [9.17, 15) is 73.8 Å². The van der Waals surface area contributed by atoms with E-state index in [0.29, 0.717) is 0 Å². The summed E-state index contributed by atoms with van der Waals surface area (Å²) in [7, 11) is -32.6. The van der Waals surface area contributed by atoms with Crippen molar-refractivity contribution in [2.75, 3.05) is 12.5 Å². The highest BCUT2D eigenvalue weighted by molar-refractivity contribution is 7.82. The van der Waals surface area contributed by atoms with Crippen LogP contribution in [0.3, 0.4) is 0 Å². The first kappa shape index (κ1) is 56.8. The number of aromatic nitrogens is 6. The van der Waals surface area contributed by atoms with Crippen LogP contribution >= 0.6 is 23.2 Å². The van der Waals surface area contributed by atoms with Gasteiger partial charge in [-0.2, -0.15) is 50.5 Å². The Balaban J connectivity index is 1.28. The van der Waals surface area contributed by atoms with Crippen molar-refractivity contribution in [3.05, 3.63) is 23.8 Å². The Morgan fingerprint density at radius 2 is 1.18 bits per heavy atom. The van der Waals surface area contributed by atoms with Crippen molar-refractivity contribution >= 4 is 85.6 Å². The first-order valence-corrected chi connectivity index (χ1v) is 27.0. The van der Waals surface area contributed by atoms with Gasteiger partial charge in [0, 0.05) is 12.8 Å². The summed E-state index contributed by atoms with van der Waals surface area (Å²) in [5.41, 5.74) is 0.217. The molecule has 7 N–H and O–H groups in total. The highest BCUT2D eigenvalue weighted by Crippen LogP contribution is 2.42. The SMILES string of the molecule is O=S(=O)(O)OC[C@H]1O[C@@H](O[C@]2(CCl)O[C@H](Cn3cc(COCc4cn(C[C@H]5O[C@H](O)C[C@@H](OS(=O)(=O)O)[C@@H]5OS(=O)(=O)O)nn4)nn3)C[C@@H]2OS(=O)(=O)O)[C@H](OS(=O)(=O)O)[C@@H](OS(=O)(=O)O)[C@H]1Cl. The molecule has 392 valence electrons. The molecule has 0 bridgehead atoms. The topological polar surface area (TPSA) is 509 Å². The van der Waals surface area contributed by atoms with Crippen molar-refractivity contribution in [3.63, 3.8) is 0 Å². The Bertz CT molecular complexity index is 2750. The fraction of sp³-hybridized carbons (Fsp3) is 0.833. The number of rotatable bonds is 24. The summed E-state index contributed by atoms with van der Waals surface area (Å²) in [6.45, 7) is -2.83. The van der Waals surface area contributed by atoms with Gasteiger partial charge in [-0.3, -0.25) is 27.3 Å². The number of aliphatic hydroxyl groups is 1.